The molecule has 0 N–H and O–H groups in total. The van der Waals surface area contributed by atoms with E-state index in [0.717, 1.165) is 36.0 Å². The Balaban J connectivity index is 2.18. The monoisotopic (exact) mass is 285 g/mol. The maximum absolute atomic E-state index is 12.3. The first-order valence-electron chi connectivity index (χ1n) is 5.50. The molecule has 0 aliphatic heterocycles. The van der Waals surface area contributed by atoms with Gasteiger partial charge in [0.05, 0.1) is 11.3 Å². The van der Waals surface area contributed by atoms with Crippen molar-refractivity contribution in [1.29, 1.82) is 0 Å². The minimum absolute atomic E-state index is 0.118. The second-order valence-corrected chi connectivity index (χ2v) is 5.01. The van der Waals surface area contributed by atoms with Crippen molar-refractivity contribution in [3.63, 3.8) is 0 Å². The van der Waals surface area contributed by atoms with Gasteiger partial charge in [0.15, 0.2) is 0 Å². The summed E-state index contributed by atoms with van der Waals surface area (Å²) in [6.45, 7) is 2.66. The largest absolute Gasteiger partial charge is 0.335 e. The first-order valence-corrected chi connectivity index (χ1v) is 6.63. The molecule has 16 heavy (non-hydrogen) atoms. The van der Waals surface area contributed by atoms with Gasteiger partial charge in [-0.25, -0.2) is 0 Å². The van der Waals surface area contributed by atoms with Gasteiger partial charge in [0, 0.05) is 31.2 Å². The van der Waals surface area contributed by atoms with Gasteiger partial charge in [0.2, 0.25) is 0 Å². The van der Waals surface area contributed by atoms with E-state index < -0.39 is 0 Å². The second kappa shape index (κ2) is 4.57. The third-order valence-corrected chi connectivity index (χ3v) is 3.17. The molecule has 5 heteroatoms. The maximum Gasteiger partial charge on any atom is 0.257 e. The summed E-state index contributed by atoms with van der Waals surface area (Å²) >= 11 is 3.40. The number of aryl methyl sites for hydroxylation is 2. The summed E-state index contributed by atoms with van der Waals surface area (Å²) in [5, 5.41) is 5.04. The van der Waals surface area contributed by atoms with Crippen molar-refractivity contribution in [3.8, 4) is 0 Å². The molecule has 1 aromatic rings. The summed E-state index contributed by atoms with van der Waals surface area (Å²) in [5.41, 5.74) is 1.54. The van der Waals surface area contributed by atoms with Crippen molar-refractivity contribution in [2.45, 2.75) is 25.8 Å². The van der Waals surface area contributed by atoms with E-state index in [-0.39, 0.29) is 5.91 Å². The van der Waals surface area contributed by atoms with E-state index in [1.54, 1.807) is 10.9 Å². The van der Waals surface area contributed by atoms with Crippen LogP contribution in [0.25, 0.3) is 0 Å². The summed E-state index contributed by atoms with van der Waals surface area (Å²) in [5.74, 6) is 0.118. The van der Waals surface area contributed by atoms with Gasteiger partial charge in [0.25, 0.3) is 5.91 Å². The lowest BCUT2D eigenvalue weighted by Gasteiger charge is -2.20. The number of alkyl halides is 1. The van der Waals surface area contributed by atoms with E-state index in [1.165, 1.54) is 0 Å². The number of rotatable bonds is 4. The van der Waals surface area contributed by atoms with Crippen LogP contribution in [-0.2, 0) is 7.05 Å². The van der Waals surface area contributed by atoms with Crippen LogP contribution in [0.2, 0.25) is 0 Å². The van der Waals surface area contributed by atoms with Gasteiger partial charge in [-0.1, -0.05) is 15.9 Å². The SMILES string of the molecule is Cc1nn(C)cc1C(=O)N(CCBr)C1CC1. The number of carbonyl (C=O) groups excluding carboxylic acids is 1. The zero-order valence-corrected chi connectivity index (χ0v) is 11.2. The van der Waals surface area contributed by atoms with Crippen molar-refractivity contribution < 1.29 is 4.79 Å². The Morgan fingerprint density at radius 2 is 2.38 bits per heavy atom. The molecule has 1 fully saturated rings. The van der Waals surface area contributed by atoms with E-state index in [1.807, 2.05) is 18.9 Å². The Kier molecular flexibility index (Phi) is 3.33. The van der Waals surface area contributed by atoms with Crippen molar-refractivity contribution in [3.05, 3.63) is 17.5 Å². The number of amides is 1. The first kappa shape index (κ1) is 11.6. The zero-order valence-electron chi connectivity index (χ0n) is 9.61. The molecule has 0 radical (unpaired) electrons. The highest BCUT2D eigenvalue weighted by atomic mass is 79.9. The average Bonchev–Trinajstić information content (AvgIpc) is 3.00. The van der Waals surface area contributed by atoms with Crippen molar-refractivity contribution in [2.24, 2.45) is 7.05 Å². The van der Waals surface area contributed by atoms with Crippen LogP contribution in [0.15, 0.2) is 6.20 Å². The van der Waals surface area contributed by atoms with Crippen molar-refractivity contribution in [1.82, 2.24) is 14.7 Å². The normalized spacial score (nSPS) is 15.2. The van der Waals surface area contributed by atoms with Crippen LogP contribution in [-0.4, -0.2) is 38.5 Å². The third kappa shape index (κ3) is 2.29. The van der Waals surface area contributed by atoms with Crippen LogP contribution in [0.3, 0.4) is 0 Å². The Labute approximate surface area is 104 Å². The fraction of sp³-hybridized carbons (Fsp3) is 0.636. The predicted octanol–water partition coefficient (Wildman–Crippen LogP) is 1.73. The van der Waals surface area contributed by atoms with Gasteiger partial charge in [-0.2, -0.15) is 5.10 Å². The highest BCUT2D eigenvalue weighted by molar-refractivity contribution is 9.09. The molecule has 0 aromatic carbocycles. The first-order chi connectivity index (χ1) is 7.63. The molecule has 1 heterocycles. The van der Waals surface area contributed by atoms with E-state index >= 15 is 0 Å². The fourth-order valence-corrected chi connectivity index (χ4v) is 2.27. The van der Waals surface area contributed by atoms with E-state index in [9.17, 15) is 4.79 Å². The molecule has 0 bridgehead atoms. The molecule has 0 spiro atoms. The summed E-state index contributed by atoms with van der Waals surface area (Å²) in [4.78, 5) is 14.3. The quantitative estimate of drug-likeness (QED) is 0.791. The summed E-state index contributed by atoms with van der Waals surface area (Å²) in [7, 11) is 1.84. The van der Waals surface area contributed by atoms with E-state index in [0.29, 0.717) is 6.04 Å². The minimum Gasteiger partial charge on any atom is -0.335 e. The summed E-state index contributed by atoms with van der Waals surface area (Å²) < 4.78 is 1.70. The Morgan fingerprint density at radius 1 is 1.69 bits per heavy atom. The molecule has 88 valence electrons. The highest BCUT2D eigenvalue weighted by Crippen LogP contribution is 2.28. The lowest BCUT2D eigenvalue weighted by molar-refractivity contribution is 0.0754. The molecule has 1 amide bonds. The molecule has 1 aromatic heterocycles. The molecule has 4 nitrogen and oxygen atoms in total. The van der Waals surface area contributed by atoms with E-state index in [4.69, 9.17) is 0 Å². The van der Waals surface area contributed by atoms with Crippen molar-refractivity contribution >= 4 is 21.8 Å². The number of nitrogens with zero attached hydrogens (tertiary/aromatic N) is 3. The van der Waals surface area contributed by atoms with Gasteiger partial charge < -0.3 is 4.90 Å². The van der Waals surface area contributed by atoms with Crippen LogP contribution >= 0.6 is 15.9 Å². The van der Waals surface area contributed by atoms with Crippen LogP contribution in [0.5, 0.6) is 0 Å². The average molecular weight is 286 g/mol. The number of carbonyl (C=O) groups is 1. The molecule has 1 aliphatic rings. The highest BCUT2D eigenvalue weighted by Gasteiger charge is 2.33. The Morgan fingerprint density at radius 3 is 2.81 bits per heavy atom. The molecule has 1 aliphatic carbocycles. The maximum atomic E-state index is 12.3. The van der Waals surface area contributed by atoms with Crippen LogP contribution in [0, 0.1) is 6.92 Å². The number of hydrogen-bond donors (Lipinski definition) is 0. The number of halogens is 1. The summed E-state index contributed by atoms with van der Waals surface area (Å²) in [6.07, 6.45) is 4.08. The van der Waals surface area contributed by atoms with Gasteiger partial charge in [0.1, 0.15) is 0 Å². The minimum atomic E-state index is 0.118. The van der Waals surface area contributed by atoms with Gasteiger partial charge in [-0.15, -0.1) is 0 Å². The number of hydrogen-bond acceptors (Lipinski definition) is 2. The second-order valence-electron chi connectivity index (χ2n) is 4.22. The van der Waals surface area contributed by atoms with Gasteiger partial charge in [-0.3, -0.25) is 9.48 Å². The predicted molar refractivity (Wildman–Crippen MR) is 65.8 cm³/mol. The van der Waals surface area contributed by atoms with Crippen LogP contribution in [0.4, 0.5) is 0 Å². The standard InChI is InChI=1S/C11H16BrN3O/c1-8-10(7-14(2)13-8)11(16)15(6-5-12)9-3-4-9/h7,9H,3-6H2,1-2H3. The molecule has 1 saturated carbocycles. The Bertz CT molecular complexity index is 398. The topological polar surface area (TPSA) is 38.1 Å². The fourth-order valence-electron chi connectivity index (χ4n) is 1.89. The molecular formula is C11H16BrN3O. The number of aromatic nitrogens is 2. The third-order valence-electron chi connectivity index (χ3n) is 2.82. The summed E-state index contributed by atoms with van der Waals surface area (Å²) in [6, 6.07) is 0.449. The van der Waals surface area contributed by atoms with Crippen molar-refractivity contribution in [2.75, 3.05) is 11.9 Å². The van der Waals surface area contributed by atoms with Crippen LogP contribution in [0.1, 0.15) is 28.9 Å². The molecule has 2 rings (SSSR count). The lowest BCUT2D eigenvalue weighted by atomic mass is 10.2. The molecule has 0 atom stereocenters. The smallest absolute Gasteiger partial charge is 0.257 e. The molecule has 0 unspecified atom stereocenters. The molecule has 0 saturated heterocycles. The molecular weight excluding hydrogens is 270 g/mol. The van der Waals surface area contributed by atoms with E-state index in [2.05, 4.69) is 21.0 Å². The lowest BCUT2D eigenvalue weighted by Crippen LogP contribution is -2.34. The van der Waals surface area contributed by atoms with Gasteiger partial charge in [-0.05, 0) is 19.8 Å². The van der Waals surface area contributed by atoms with Gasteiger partial charge >= 0.3 is 0 Å². The zero-order chi connectivity index (χ0) is 11.7. The van der Waals surface area contributed by atoms with Crippen LogP contribution < -0.4 is 0 Å². The Hall–Kier alpha value is -0.840.